The first-order valence-electron chi connectivity index (χ1n) is 6.42. The molecule has 1 amide bonds. The molecule has 0 atom stereocenters. The number of hydrogen-bond donors (Lipinski definition) is 2. The molecule has 1 aromatic heterocycles. The molecule has 0 aromatic carbocycles. The molecule has 5 nitrogen and oxygen atoms in total. The third kappa shape index (κ3) is 2.92. The van der Waals surface area contributed by atoms with Gasteiger partial charge in [-0.25, -0.2) is 4.79 Å². The summed E-state index contributed by atoms with van der Waals surface area (Å²) in [5, 5.41) is 11.6. The van der Waals surface area contributed by atoms with E-state index in [9.17, 15) is 9.59 Å². The lowest BCUT2D eigenvalue weighted by Gasteiger charge is -2.19. The first kappa shape index (κ1) is 13.5. The molecule has 1 fully saturated rings. The lowest BCUT2D eigenvalue weighted by atomic mass is 9.92. The minimum Gasteiger partial charge on any atom is -0.478 e. The largest absolute Gasteiger partial charge is 0.478 e. The van der Waals surface area contributed by atoms with E-state index >= 15 is 0 Å². The quantitative estimate of drug-likeness (QED) is 0.850. The number of nitrogens with one attached hydrogen (secondary N) is 1. The van der Waals surface area contributed by atoms with Gasteiger partial charge in [0.1, 0.15) is 5.69 Å². The van der Waals surface area contributed by atoms with Gasteiger partial charge in [0.15, 0.2) is 0 Å². The molecule has 0 saturated heterocycles. The summed E-state index contributed by atoms with van der Waals surface area (Å²) in [5.74, 6) is -0.741. The van der Waals surface area contributed by atoms with Crippen LogP contribution in [-0.4, -0.2) is 28.5 Å². The standard InChI is InChI=1S/C14H18N2O3/c1-9(2)14(5-6-14)8-16-12(17)11-4-3-10(7-15-11)13(18)19/h3-4,7,9H,5-6,8H2,1-2H3,(H,16,17)(H,18,19). The van der Waals surface area contributed by atoms with E-state index in [1.165, 1.54) is 18.3 Å². The molecule has 2 rings (SSSR count). The Morgan fingerprint density at radius 3 is 2.53 bits per heavy atom. The number of carboxylic acid groups (broad SMARTS) is 1. The van der Waals surface area contributed by atoms with Gasteiger partial charge in [-0.1, -0.05) is 13.8 Å². The smallest absolute Gasteiger partial charge is 0.337 e. The van der Waals surface area contributed by atoms with E-state index in [0.717, 1.165) is 12.8 Å². The predicted molar refractivity (Wildman–Crippen MR) is 70.0 cm³/mol. The van der Waals surface area contributed by atoms with Crippen molar-refractivity contribution in [2.75, 3.05) is 6.54 Å². The highest BCUT2D eigenvalue weighted by Gasteiger charge is 2.45. The number of amides is 1. The summed E-state index contributed by atoms with van der Waals surface area (Å²) in [6.45, 7) is 4.99. The van der Waals surface area contributed by atoms with E-state index in [1.54, 1.807) is 0 Å². The summed E-state index contributed by atoms with van der Waals surface area (Å²) < 4.78 is 0. The molecular weight excluding hydrogens is 244 g/mol. The first-order valence-corrected chi connectivity index (χ1v) is 6.42. The van der Waals surface area contributed by atoms with Gasteiger partial charge in [0.25, 0.3) is 5.91 Å². The molecule has 0 unspecified atom stereocenters. The maximum atomic E-state index is 11.9. The van der Waals surface area contributed by atoms with Crippen LogP contribution in [0.3, 0.4) is 0 Å². The zero-order valence-electron chi connectivity index (χ0n) is 11.1. The molecule has 102 valence electrons. The Kier molecular flexibility index (Phi) is 3.55. The van der Waals surface area contributed by atoms with Crippen LogP contribution < -0.4 is 5.32 Å². The Bertz CT molecular complexity index is 490. The first-order chi connectivity index (χ1) is 8.94. The van der Waals surface area contributed by atoms with Crippen molar-refractivity contribution in [2.45, 2.75) is 26.7 Å². The molecule has 1 aromatic rings. The molecule has 1 aliphatic rings. The number of nitrogens with zero attached hydrogens (tertiary/aromatic N) is 1. The summed E-state index contributed by atoms with van der Waals surface area (Å²) in [7, 11) is 0. The van der Waals surface area contributed by atoms with Gasteiger partial charge in [-0.15, -0.1) is 0 Å². The van der Waals surface area contributed by atoms with Gasteiger partial charge in [-0.05, 0) is 36.3 Å². The van der Waals surface area contributed by atoms with Crippen LogP contribution in [0, 0.1) is 11.3 Å². The van der Waals surface area contributed by atoms with Crippen molar-refractivity contribution in [1.29, 1.82) is 0 Å². The average molecular weight is 262 g/mol. The van der Waals surface area contributed by atoms with Crippen LogP contribution in [0.4, 0.5) is 0 Å². The van der Waals surface area contributed by atoms with E-state index in [-0.39, 0.29) is 22.6 Å². The molecule has 19 heavy (non-hydrogen) atoms. The number of rotatable bonds is 5. The Balaban J connectivity index is 1.95. The summed E-state index contributed by atoms with van der Waals surface area (Å²) in [6, 6.07) is 2.83. The Morgan fingerprint density at radius 1 is 1.42 bits per heavy atom. The minimum atomic E-state index is -1.05. The average Bonchev–Trinajstić information content (AvgIpc) is 3.17. The number of pyridine rings is 1. The van der Waals surface area contributed by atoms with Gasteiger partial charge >= 0.3 is 5.97 Å². The fourth-order valence-corrected chi connectivity index (χ4v) is 2.12. The van der Waals surface area contributed by atoms with Crippen LogP contribution in [0.2, 0.25) is 0 Å². The normalized spacial score (nSPS) is 16.2. The van der Waals surface area contributed by atoms with E-state index in [4.69, 9.17) is 5.11 Å². The summed E-state index contributed by atoms with van der Waals surface area (Å²) in [6.07, 6.45) is 3.50. The number of aromatic nitrogens is 1. The second-order valence-corrected chi connectivity index (χ2v) is 5.44. The lowest BCUT2D eigenvalue weighted by Crippen LogP contribution is -2.33. The molecule has 5 heteroatoms. The molecule has 0 aliphatic heterocycles. The van der Waals surface area contributed by atoms with Crippen LogP contribution >= 0.6 is 0 Å². The SMILES string of the molecule is CC(C)C1(CNC(=O)c2ccc(C(=O)O)cn2)CC1. The predicted octanol–water partition coefficient (Wildman–Crippen LogP) is 1.95. The maximum absolute atomic E-state index is 11.9. The van der Waals surface area contributed by atoms with Gasteiger partial charge < -0.3 is 10.4 Å². The minimum absolute atomic E-state index is 0.0809. The monoisotopic (exact) mass is 262 g/mol. The molecule has 0 radical (unpaired) electrons. The third-order valence-electron chi connectivity index (χ3n) is 3.96. The summed E-state index contributed by atoms with van der Waals surface area (Å²) in [4.78, 5) is 26.5. The second-order valence-electron chi connectivity index (χ2n) is 5.44. The van der Waals surface area contributed by atoms with E-state index in [2.05, 4.69) is 24.1 Å². The molecule has 0 spiro atoms. The fourth-order valence-electron chi connectivity index (χ4n) is 2.12. The molecular formula is C14H18N2O3. The van der Waals surface area contributed by atoms with Crippen LogP contribution in [0.5, 0.6) is 0 Å². The Hall–Kier alpha value is -1.91. The van der Waals surface area contributed by atoms with Gasteiger partial charge in [0.2, 0.25) is 0 Å². The number of carbonyl (C=O) groups is 2. The number of carboxylic acids is 1. The van der Waals surface area contributed by atoms with Crippen molar-refractivity contribution in [2.24, 2.45) is 11.3 Å². The van der Waals surface area contributed by atoms with Crippen molar-refractivity contribution in [3.8, 4) is 0 Å². The van der Waals surface area contributed by atoms with Gasteiger partial charge in [0.05, 0.1) is 5.56 Å². The molecule has 1 heterocycles. The zero-order valence-corrected chi connectivity index (χ0v) is 11.1. The molecule has 1 aliphatic carbocycles. The van der Waals surface area contributed by atoms with E-state index < -0.39 is 5.97 Å². The topological polar surface area (TPSA) is 79.3 Å². The maximum Gasteiger partial charge on any atom is 0.337 e. The second kappa shape index (κ2) is 4.99. The molecule has 2 N–H and O–H groups in total. The molecule has 1 saturated carbocycles. The third-order valence-corrected chi connectivity index (χ3v) is 3.96. The van der Waals surface area contributed by atoms with Gasteiger partial charge in [-0.2, -0.15) is 0 Å². The van der Waals surface area contributed by atoms with Crippen molar-refractivity contribution < 1.29 is 14.7 Å². The highest BCUT2D eigenvalue weighted by Crippen LogP contribution is 2.51. The van der Waals surface area contributed by atoms with Crippen LogP contribution in [0.15, 0.2) is 18.3 Å². The van der Waals surface area contributed by atoms with Gasteiger partial charge in [-0.3, -0.25) is 9.78 Å². The van der Waals surface area contributed by atoms with Crippen LogP contribution in [-0.2, 0) is 0 Å². The fraction of sp³-hybridized carbons (Fsp3) is 0.500. The molecule has 0 bridgehead atoms. The van der Waals surface area contributed by atoms with Crippen molar-refractivity contribution in [1.82, 2.24) is 10.3 Å². The summed E-state index contributed by atoms with van der Waals surface area (Å²) >= 11 is 0. The summed E-state index contributed by atoms with van der Waals surface area (Å²) in [5.41, 5.74) is 0.582. The van der Waals surface area contributed by atoms with E-state index in [0.29, 0.717) is 12.5 Å². The number of carbonyl (C=O) groups excluding carboxylic acids is 1. The van der Waals surface area contributed by atoms with Crippen molar-refractivity contribution in [3.05, 3.63) is 29.6 Å². The van der Waals surface area contributed by atoms with Crippen LogP contribution in [0.25, 0.3) is 0 Å². The number of aromatic carboxylic acids is 1. The highest BCUT2D eigenvalue weighted by molar-refractivity contribution is 5.93. The zero-order chi connectivity index (χ0) is 14.0. The van der Waals surface area contributed by atoms with Crippen LogP contribution in [0.1, 0.15) is 47.5 Å². The van der Waals surface area contributed by atoms with Gasteiger partial charge in [0, 0.05) is 12.7 Å². The van der Waals surface area contributed by atoms with E-state index in [1.807, 2.05) is 0 Å². The number of hydrogen-bond acceptors (Lipinski definition) is 3. The Labute approximate surface area is 112 Å². The van der Waals surface area contributed by atoms with Crippen molar-refractivity contribution >= 4 is 11.9 Å². The van der Waals surface area contributed by atoms with Crippen molar-refractivity contribution in [3.63, 3.8) is 0 Å². The highest BCUT2D eigenvalue weighted by atomic mass is 16.4. The lowest BCUT2D eigenvalue weighted by molar-refractivity contribution is 0.0695. The Morgan fingerprint density at radius 2 is 2.11 bits per heavy atom.